The average molecular weight is 337 g/mol. The largest absolute Gasteiger partial charge is 0.399 e. The van der Waals surface area contributed by atoms with Gasteiger partial charge in [0.15, 0.2) is 12.5 Å². The summed E-state index contributed by atoms with van der Waals surface area (Å²) in [5, 5.41) is 11.7. The maximum absolute atomic E-state index is 11.7. The number of nitrogens with two attached hydrogens (primary N) is 1. The zero-order chi connectivity index (χ0) is 18.0. The van der Waals surface area contributed by atoms with Crippen LogP contribution in [0, 0.1) is 6.92 Å². The molecule has 0 saturated carbocycles. The minimum Gasteiger partial charge on any atom is -0.399 e. The van der Waals surface area contributed by atoms with Crippen LogP contribution in [0.2, 0.25) is 0 Å². The van der Waals surface area contributed by atoms with Crippen molar-refractivity contribution < 1.29 is 4.79 Å². The van der Waals surface area contributed by atoms with Crippen molar-refractivity contribution in [1.82, 2.24) is 5.01 Å². The summed E-state index contributed by atoms with van der Waals surface area (Å²) in [7, 11) is 0. The highest BCUT2D eigenvalue weighted by Crippen LogP contribution is 2.27. The minimum absolute atomic E-state index is 0.460. The van der Waals surface area contributed by atoms with Crippen molar-refractivity contribution >= 4 is 17.7 Å². The van der Waals surface area contributed by atoms with Crippen molar-refractivity contribution in [3.63, 3.8) is 0 Å². The van der Waals surface area contributed by atoms with E-state index in [1.54, 1.807) is 10.0 Å². The summed E-state index contributed by atoms with van der Waals surface area (Å²) in [6, 6.07) is 13.9. The van der Waals surface area contributed by atoms with Crippen LogP contribution in [0.4, 0.5) is 11.4 Å². The fraction of sp³-hybridized carbons (Fsp3) is 0.316. The summed E-state index contributed by atoms with van der Waals surface area (Å²) in [6.07, 6.45) is 0.309. The Bertz CT molecular complexity index is 785. The Balaban J connectivity index is 1.77. The van der Waals surface area contributed by atoms with E-state index in [2.05, 4.69) is 36.4 Å². The second kappa shape index (κ2) is 6.93. The Kier molecular flexibility index (Phi) is 4.70. The van der Waals surface area contributed by atoms with Gasteiger partial charge in [-0.15, -0.1) is 0 Å². The number of benzene rings is 2. The Labute approximate surface area is 147 Å². The second-order valence-electron chi connectivity index (χ2n) is 6.61. The molecule has 0 aliphatic carbocycles. The molecule has 0 fully saturated rings. The number of nitrogen functional groups attached to an aromatic ring is 1. The van der Waals surface area contributed by atoms with Gasteiger partial charge in [-0.2, -0.15) is 0 Å². The number of anilines is 2. The predicted molar refractivity (Wildman–Crippen MR) is 98.9 cm³/mol. The third-order valence-electron chi connectivity index (χ3n) is 4.43. The van der Waals surface area contributed by atoms with Crippen LogP contribution in [0.1, 0.15) is 36.5 Å². The molecule has 2 aromatic rings. The van der Waals surface area contributed by atoms with Crippen LogP contribution in [0.3, 0.4) is 0 Å². The normalized spacial score (nSPS) is 16.7. The number of rotatable bonds is 5. The average Bonchev–Trinajstić information content (AvgIpc) is 3.00. The maximum atomic E-state index is 11.7. The van der Waals surface area contributed by atoms with E-state index in [1.807, 2.05) is 37.3 Å². The summed E-state index contributed by atoms with van der Waals surface area (Å²) in [5.41, 5.74) is 10.8. The van der Waals surface area contributed by atoms with Crippen LogP contribution in [0.25, 0.3) is 0 Å². The summed E-state index contributed by atoms with van der Waals surface area (Å²) < 4.78 is 0. The van der Waals surface area contributed by atoms with Crippen LogP contribution < -0.4 is 10.7 Å². The SMILES string of the molecule is Cc1cc(CN2N=NN(c3ccc(C(C)C)cc3)C2C=O)ccc1N. The van der Waals surface area contributed by atoms with E-state index in [1.165, 1.54) is 5.56 Å². The van der Waals surface area contributed by atoms with Gasteiger partial charge >= 0.3 is 0 Å². The number of hydrogen-bond donors (Lipinski definition) is 1. The Morgan fingerprint density at radius 2 is 1.88 bits per heavy atom. The second-order valence-corrected chi connectivity index (χ2v) is 6.61. The van der Waals surface area contributed by atoms with E-state index < -0.39 is 6.17 Å². The lowest BCUT2D eigenvalue weighted by Gasteiger charge is -2.24. The molecule has 0 radical (unpaired) electrons. The van der Waals surface area contributed by atoms with E-state index in [4.69, 9.17) is 5.73 Å². The number of hydrogen-bond acceptors (Lipinski definition) is 6. The first kappa shape index (κ1) is 17.0. The molecular weight excluding hydrogens is 314 g/mol. The molecule has 3 rings (SSSR count). The maximum Gasteiger partial charge on any atom is 0.198 e. The molecule has 130 valence electrons. The molecule has 1 aliphatic rings. The fourth-order valence-electron chi connectivity index (χ4n) is 2.82. The zero-order valence-electron chi connectivity index (χ0n) is 14.8. The molecule has 1 unspecified atom stereocenters. The Hall–Kier alpha value is -2.89. The molecule has 2 N–H and O–H groups in total. The van der Waals surface area contributed by atoms with Crippen LogP contribution in [0.5, 0.6) is 0 Å². The lowest BCUT2D eigenvalue weighted by atomic mass is 10.0. The molecule has 0 saturated heterocycles. The quantitative estimate of drug-likeness (QED) is 0.664. The summed E-state index contributed by atoms with van der Waals surface area (Å²) in [6.45, 7) is 6.75. The van der Waals surface area contributed by atoms with Gasteiger partial charge in [-0.3, -0.25) is 4.79 Å². The predicted octanol–water partition coefficient (Wildman–Crippen LogP) is 3.83. The molecule has 6 heteroatoms. The van der Waals surface area contributed by atoms with Gasteiger partial charge < -0.3 is 5.73 Å². The van der Waals surface area contributed by atoms with Gasteiger partial charge in [0.25, 0.3) is 0 Å². The molecule has 1 aliphatic heterocycles. The molecule has 0 amide bonds. The van der Waals surface area contributed by atoms with E-state index >= 15 is 0 Å². The highest BCUT2D eigenvalue weighted by Gasteiger charge is 2.30. The zero-order valence-corrected chi connectivity index (χ0v) is 14.8. The number of aldehydes is 1. The summed E-state index contributed by atoms with van der Waals surface area (Å²) >= 11 is 0. The first-order valence-corrected chi connectivity index (χ1v) is 8.37. The van der Waals surface area contributed by atoms with Crippen molar-refractivity contribution in [2.24, 2.45) is 10.4 Å². The van der Waals surface area contributed by atoms with E-state index in [-0.39, 0.29) is 0 Å². The van der Waals surface area contributed by atoms with E-state index in [9.17, 15) is 4.79 Å². The molecule has 0 bridgehead atoms. The highest BCUT2D eigenvalue weighted by molar-refractivity contribution is 5.65. The van der Waals surface area contributed by atoms with E-state index in [0.29, 0.717) is 12.5 Å². The number of carbonyl (C=O) groups is 1. The molecule has 2 aromatic carbocycles. The summed E-state index contributed by atoms with van der Waals surface area (Å²) in [4.78, 5) is 11.7. The molecular formula is C19H23N5O. The Morgan fingerprint density at radius 3 is 2.48 bits per heavy atom. The monoisotopic (exact) mass is 337 g/mol. The highest BCUT2D eigenvalue weighted by atomic mass is 16.1. The van der Waals surface area contributed by atoms with E-state index in [0.717, 1.165) is 28.8 Å². The Morgan fingerprint density at radius 1 is 1.16 bits per heavy atom. The number of nitrogens with zero attached hydrogens (tertiary/aromatic N) is 4. The van der Waals surface area contributed by atoms with Gasteiger partial charge in [0.05, 0.1) is 12.2 Å². The minimum atomic E-state index is -0.553. The van der Waals surface area contributed by atoms with Crippen molar-refractivity contribution in [2.45, 2.75) is 39.4 Å². The lowest BCUT2D eigenvalue weighted by Crippen LogP contribution is -2.39. The van der Waals surface area contributed by atoms with Crippen molar-refractivity contribution in [3.8, 4) is 0 Å². The lowest BCUT2D eigenvalue weighted by molar-refractivity contribution is -0.111. The first-order chi connectivity index (χ1) is 12.0. The smallest absolute Gasteiger partial charge is 0.198 e. The topological polar surface area (TPSA) is 74.3 Å². The van der Waals surface area contributed by atoms with Crippen LogP contribution in [0.15, 0.2) is 52.9 Å². The number of carbonyl (C=O) groups excluding carboxylic acids is 1. The van der Waals surface area contributed by atoms with Gasteiger partial charge in [-0.05, 0) is 53.0 Å². The van der Waals surface area contributed by atoms with Crippen LogP contribution in [-0.4, -0.2) is 17.5 Å². The van der Waals surface area contributed by atoms with Crippen LogP contribution >= 0.6 is 0 Å². The molecule has 1 heterocycles. The van der Waals surface area contributed by atoms with Gasteiger partial charge in [0.2, 0.25) is 0 Å². The number of aryl methyl sites for hydroxylation is 1. The van der Waals surface area contributed by atoms with Crippen LogP contribution in [-0.2, 0) is 11.3 Å². The molecule has 0 aromatic heterocycles. The van der Waals surface area contributed by atoms with Crippen molar-refractivity contribution in [3.05, 3.63) is 59.2 Å². The summed E-state index contributed by atoms with van der Waals surface area (Å²) in [5.74, 6) is 0.460. The van der Waals surface area contributed by atoms with Gasteiger partial charge in [-0.1, -0.05) is 43.3 Å². The van der Waals surface area contributed by atoms with Crippen molar-refractivity contribution in [1.29, 1.82) is 0 Å². The standard InChI is InChI=1S/C19H23N5O/c1-13(2)16-5-7-17(8-6-16)24-19(12-25)23(21-22-24)11-15-4-9-18(20)14(3)10-15/h4-10,12-13,19H,11,20H2,1-3H3. The third kappa shape index (κ3) is 3.47. The molecule has 1 atom stereocenters. The van der Waals surface area contributed by atoms with Gasteiger partial charge in [0, 0.05) is 5.69 Å². The molecule has 25 heavy (non-hydrogen) atoms. The van der Waals surface area contributed by atoms with Gasteiger partial charge in [0.1, 0.15) is 0 Å². The van der Waals surface area contributed by atoms with Crippen molar-refractivity contribution in [2.75, 3.05) is 10.7 Å². The molecule has 6 nitrogen and oxygen atoms in total. The molecule has 0 spiro atoms. The fourth-order valence-corrected chi connectivity index (χ4v) is 2.82. The third-order valence-corrected chi connectivity index (χ3v) is 4.43. The first-order valence-electron chi connectivity index (χ1n) is 8.37. The van der Waals surface area contributed by atoms with Gasteiger partial charge in [-0.25, -0.2) is 10.0 Å².